The van der Waals surface area contributed by atoms with Crippen molar-refractivity contribution in [2.75, 3.05) is 23.9 Å². The van der Waals surface area contributed by atoms with E-state index >= 15 is 0 Å². The van der Waals surface area contributed by atoms with Crippen LogP contribution in [0.15, 0.2) is 24.9 Å². The third-order valence-electron chi connectivity index (χ3n) is 5.12. The lowest BCUT2D eigenvalue weighted by Crippen LogP contribution is -2.50. The van der Waals surface area contributed by atoms with Crippen molar-refractivity contribution >= 4 is 23.0 Å². The number of likely N-dealkylation sites (N-methyl/N-ethyl adjacent to an activating group) is 1. The maximum atomic E-state index is 13.2. The second kappa shape index (κ2) is 8.55. The van der Waals surface area contributed by atoms with Crippen molar-refractivity contribution in [2.45, 2.75) is 45.0 Å². The van der Waals surface area contributed by atoms with Crippen LogP contribution in [0.2, 0.25) is 0 Å². The molecule has 4 heterocycles. The molecular formula is C18H24N8O5. The number of amides is 1. The molecule has 0 unspecified atom stereocenters. The highest BCUT2D eigenvalue weighted by atomic mass is 16.7. The summed E-state index contributed by atoms with van der Waals surface area (Å²) in [6, 6.07) is 0. The molecule has 1 aliphatic rings. The fourth-order valence-corrected chi connectivity index (χ4v) is 3.51. The Labute approximate surface area is 177 Å². The zero-order valence-corrected chi connectivity index (χ0v) is 17.1. The maximum Gasteiger partial charge on any atom is 0.273 e. The van der Waals surface area contributed by atoms with Gasteiger partial charge in [0.25, 0.3) is 5.91 Å². The number of hydrogen-bond acceptors (Lipinski definition) is 10. The summed E-state index contributed by atoms with van der Waals surface area (Å²) in [6.45, 7) is 4.44. The zero-order chi connectivity index (χ0) is 22.1. The molecule has 4 rings (SSSR count). The van der Waals surface area contributed by atoms with Gasteiger partial charge in [0.15, 0.2) is 18.0 Å². The highest BCUT2D eigenvalue weighted by Crippen LogP contribution is 2.25. The van der Waals surface area contributed by atoms with E-state index < -0.39 is 30.5 Å². The molecule has 0 aromatic carbocycles. The molecule has 3 aromatic rings. The van der Waals surface area contributed by atoms with Gasteiger partial charge in [-0.2, -0.15) is 4.68 Å². The largest absolute Gasteiger partial charge is 0.387 e. The first-order valence-electron chi connectivity index (χ1n) is 9.79. The van der Waals surface area contributed by atoms with E-state index in [4.69, 9.17) is 15.2 Å². The van der Waals surface area contributed by atoms with E-state index in [1.165, 1.54) is 22.2 Å². The van der Waals surface area contributed by atoms with E-state index in [1.54, 1.807) is 19.3 Å². The van der Waals surface area contributed by atoms with Crippen molar-refractivity contribution < 1.29 is 24.5 Å². The van der Waals surface area contributed by atoms with Crippen LogP contribution in [-0.2, 0) is 20.8 Å². The third-order valence-corrected chi connectivity index (χ3v) is 5.12. The minimum atomic E-state index is -1.48. The first-order valence-corrected chi connectivity index (χ1v) is 9.79. The average Bonchev–Trinajstić information content (AvgIpc) is 3.40. The first kappa shape index (κ1) is 21.1. The van der Waals surface area contributed by atoms with Crippen molar-refractivity contribution in [3.63, 3.8) is 0 Å². The normalized spacial score (nSPS) is 23.5. The Morgan fingerprint density at radius 2 is 2.16 bits per heavy atom. The van der Waals surface area contributed by atoms with Gasteiger partial charge in [-0.15, -0.1) is 0 Å². The fourth-order valence-electron chi connectivity index (χ4n) is 3.51. The standard InChI is InChI=1S/C18H24N8O5/c1-3-25(26-15-11(23-18(26)19)8-20-9-22-15)16(29)14-12(27)13(28)17(31-14)30-7-6-24-5-4-21-10(24)2/h4-5,8-9,12-14,17,27-28H,3,6-7H2,1-2H3,(H2,19,23)/t12-,13+,14-,17+/m0/s1. The molecule has 0 saturated carbocycles. The van der Waals surface area contributed by atoms with E-state index in [0.29, 0.717) is 17.7 Å². The van der Waals surface area contributed by atoms with Gasteiger partial charge in [-0.25, -0.2) is 24.9 Å². The van der Waals surface area contributed by atoms with Gasteiger partial charge in [0.2, 0.25) is 5.95 Å². The molecule has 0 bridgehead atoms. The number of hydrogen-bond donors (Lipinski definition) is 3. The molecule has 31 heavy (non-hydrogen) atoms. The number of anilines is 1. The van der Waals surface area contributed by atoms with Crippen molar-refractivity contribution in [1.82, 2.24) is 29.2 Å². The predicted octanol–water partition coefficient (Wildman–Crippen LogP) is -1.44. The smallest absolute Gasteiger partial charge is 0.273 e. The molecular weight excluding hydrogens is 408 g/mol. The van der Waals surface area contributed by atoms with Crippen molar-refractivity contribution in [1.29, 1.82) is 0 Å². The number of nitrogens with zero attached hydrogens (tertiary/aromatic N) is 7. The predicted molar refractivity (Wildman–Crippen MR) is 107 cm³/mol. The molecule has 4 N–H and O–H groups in total. The van der Waals surface area contributed by atoms with E-state index in [0.717, 1.165) is 5.82 Å². The lowest BCUT2D eigenvalue weighted by molar-refractivity contribution is -0.172. The summed E-state index contributed by atoms with van der Waals surface area (Å²) in [5, 5.41) is 22.0. The lowest BCUT2D eigenvalue weighted by atomic mass is 10.1. The van der Waals surface area contributed by atoms with Crippen LogP contribution in [0.1, 0.15) is 12.7 Å². The summed E-state index contributed by atoms with van der Waals surface area (Å²) in [4.78, 5) is 29.5. The Kier molecular flexibility index (Phi) is 5.82. The van der Waals surface area contributed by atoms with E-state index in [1.807, 2.05) is 11.5 Å². The van der Waals surface area contributed by atoms with E-state index in [-0.39, 0.29) is 19.1 Å². The van der Waals surface area contributed by atoms with Crippen LogP contribution in [-0.4, -0.2) is 83.1 Å². The molecule has 0 radical (unpaired) electrons. The summed E-state index contributed by atoms with van der Waals surface area (Å²) < 4.78 is 14.4. The van der Waals surface area contributed by atoms with Crippen molar-refractivity contribution in [2.24, 2.45) is 0 Å². The summed E-state index contributed by atoms with van der Waals surface area (Å²) in [5.41, 5.74) is 6.73. The van der Waals surface area contributed by atoms with Crippen molar-refractivity contribution in [3.05, 3.63) is 30.7 Å². The Bertz CT molecular complexity index is 1070. The number of aliphatic hydroxyl groups excluding tert-OH is 2. The molecule has 1 amide bonds. The number of aliphatic hydroxyl groups is 2. The van der Waals surface area contributed by atoms with Crippen LogP contribution < -0.4 is 10.7 Å². The highest BCUT2D eigenvalue weighted by Gasteiger charge is 2.48. The molecule has 1 saturated heterocycles. The Hall–Kier alpha value is -3.13. The van der Waals surface area contributed by atoms with E-state index in [2.05, 4.69) is 19.9 Å². The number of carbonyl (C=O) groups is 1. The van der Waals surface area contributed by atoms with Crippen LogP contribution in [0.3, 0.4) is 0 Å². The van der Waals surface area contributed by atoms with Gasteiger partial charge in [-0.1, -0.05) is 0 Å². The summed E-state index contributed by atoms with van der Waals surface area (Å²) in [7, 11) is 0. The Balaban J connectivity index is 1.48. The molecule has 166 valence electrons. The fraction of sp³-hybridized carbons (Fsp3) is 0.500. The SMILES string of the molecule is CCN(C(=O)[C@H]1O[C@@H](OCCn2ccnc2C)[C@H](O)[C@@H]1O)n1c(N)nc2cncnc21. The van der Waals surface area contributed by atoms with Crippen LogP contribution in [0.4, 0.5) is 5.95 Å². The van der Waals surface area contributed by atoms with Gasteiger partial charge < -0.3 is 30.0 Å². The van der Waals surface area contributed by atoms with Crippen molar-refractivity contribution in [3.8, 4) is 0 Å². The van der Waals surface area contributed by atoms with Crippen LogP contribution in [0.25, 0.3) is 11.2 Å². The number of rotatable bonds is 7. The zero-order valence-electron chi connectivity index (χ0n) is 17.1. The number of aromatic nitrogens is 6. The topological polar surface area (TPSA) is 167 Å². The maximum absolute atomic E-state index is 13.2. The number of ether oxygens (including phenoxy) is 2. The van der Waals surface area contributed by atoms with Gasteiger partial charge in [0.05, 0.1) is 12.8 Å². The summed E-state index contributed by atoms with van der Waals surface area (Å²) >= 11 is 0. The molecule has 3 aromatic heterocycles. The number of nitrogens with two attached hydrogens (primary N) is 1. The molecule has 13 heteroatoms. The van der Waals surface area contributed by atoms with Crippen LogP contribution in [0.5, 0.6) is 0 Å². The number of fused-ring (bicyclic) bond motifs is 1. The molecule has 0 aliphatic carbocycles. The minimum Gasteiger partial charge on any atom is -0.387 e. The Morgan fingerprint density at radius 3 is 2.87 bits per heavy atom. The highest BCUT2D eigenvalue weighted by molar-refractivity contribution is 5.93. The van der Waals surface area contributed by atoms with Gasteiger partial charge in [-0.05, 0) is 13.8 Å². The van der Waals surface area contributed by atoms with Gasteiger partial charge >= 0.3 is 0 Å². The first-order chi connectivity index (χ1) is 14.9. The second-order valence-corrected chi connectivity index (χ2v) is 7.01. The summed E-state index contributed by atoms with van der Waals surface area (Å²) in [6.07, 6.45) is 0.875. The van der Waals surface area contributed by atoms with E-state index in [9.17, 15) is 15.0 Å². The monoisotopic (exact) mass is 432 g/mol. The molecule has 0 spiro atoms. The number of nitrogen functional groups attached to an aromatic ring is 1. The minimum absolute atomic E-state index is 0.0298. The van der Waals surface area contributed by atoms with Gasteiger partial charge in [-0.3, -0.25) is 4.79 Å². The molecule has 1 aliphatic heterocycles. The van der Waals surface area contributed by atoms with Crippen LogP contribution >= 0.6 is 0 Å². The third kappa shape index (κ3) is 3.83. The second-order valence-electron chi connectivity index (χ2n) is 7.01. The van der Waals surface area contributed by atoms with Crippen LogP contribution in [0, 0.1) is 6.92 Å². The quantitative estimate of drug-likeness (QED) is 0.402. The van der Waals surface area contributed by atoms with Gasteiger partial charge in [0, 0.05) is 25.5 Å². The number of carbonyl (C=O) groups excluding carboxylic acids is 1. The average molecular weight is 432 g/mol. The Morgan fingerprint density at radius 1 is 1.35 bits per heavy atom. The number of aryl methyl sites for hydroxylation is 1. The molecule has 1 fully saturated rings. The molecule has 13 nitrogen and oxygen atoms in total. The number of imidazole rings is 2. The lowest BCUT2D eigenvalue weighted by Gasteiger charge is -2.26. The van der Waals surface area contributed by atoms with Gasteiger partial charge in [0.1, 0.15) is 29.9 Å². The summed E-state index contributed by atoms with van der Waals surface area (Å²) in [5.74, 6) is 0.231. The molecule has 4 atom stereocenters.